The summed E-state index contributed by atoms with van der Waals surface area (Å²) in [6.45, 7) is 7.36. The zero-order chi connectivity index (χ0) is 15.8. The highest BCUT2D eigenvalue weighted by molar-refractivity contribution is 5.98. The number of rotatable bonds is 8. The van der Waals surface area contributed by atoms with Gasteiger partial charge in [-0.25, -0.2) is 0 Å². The Kier molecular flexibility index (Phi) is 6.92. The molecular weight excluding hydrogens is 266 g/mol. The largest absolute Gasteiger partial charge is 0.494 e. The average molecular weight is 291 g/mol. The Hall–Kier alpha value is -1.84. The molecule has 0 heterocycles. The summed E-state index contributed by atoms with van der Waals surface area (Å²) in [6, 6.07) is 7.05. The Morgan fingerprint density at radius 2 is 1.76 bits per heavy atom. The van der Waals surface area contributed by atoms with Gasteiger partial charge in [-0.3, -0.25) is 9.59 Å². The van der Waals surface area contributed by atoms with Crippen molar-refractivity contribution in [3.8, 4) is 5.75 Å². The van der Waals surface area contributed by atoms with Gasteiger partial charge < -0.3 is 9.64 Å². The fourth-order valence-corrected chi connectivity index (χ4v) is 2.11. The molecule has 0 radical (unpaired) electrons. The van der Waals surface area contributed by atoms with Crippen molar-refractivity contribution in [2.45, 2.75) is 33.6 Å². The van der Waals surface area contributed by atoms with E-state index in [0.29, 0.717) is 18.1 Å². The molecule has 0 unspecified atom stereocenters. The number of Topliss-reactive ketones (excluding diaryl/α,β-unsaturated/α-hetero) is 1. The number of carbonyl (C=O) groups is 2. The molecule has 0 aliphatic rings. The Morgan fingerprint density at radius 3 is 2.29 bits per heavy atom. The van der Waals surface area contributed by atoms with Crippen LogP contribution in [-0.4, -0.2) is 36.8 Å². The summed E-state index contributed by atoms with van der Waals surface area (Å²) in [5, 5.41) is 0. The van der Waals surface area contributed by atoms with Crippen molar-refractivity contribution in [1.82, 2.24) is 4.90 Å². The molecular formula is C17H25NO3. The number of nitrogens with zero attached hydrogens (tertiary/aromatic N) is 1. The highest BCUT2D eigenvalue weighted by Gasteiger charge is 2.13. The molecule has 0 N–H and O–H groups in total. The van der Waals surface area contributed by atoms with Crippen molar-refractivity contribution in [1.29, 1.82) is 0 Å². The van der Waals surface area contributed by atoms with Gasteiger partial charge in [-0.05, 0) is 37.1 Å². The van der Waals surface area contributed by atoms with Crippen LogP contribution in [-0.2, 0) is 4.79 Å². The van der Waals surface area contributed by atoms with Gasteiger partial charge in [0.15, 0.2) is 5.78 Å². The summed E-state index contributed by atoms with van der Waals surface area (Å²) in [5.41, 5.74) is 0.623. The maximum absolute atomic E-state index is 12.1. The SMILES string of the molecule is CCOc1ccc(C(=O)CCC(=O)N(C)CC(C)C)cc1. The molecule has 116 valence electrons. The van der Waals surface area contributed by atoms with Crippen molar-refractivity contribution >= 4 is 11.7 Å². The van der Waals surface area contributed by atoms with Gasteiger partial charge in [-0.1, -0.05) is 13.8 Å². The van der Waals surface area contributed by atoms with Crippen LogP contribution in [0.25, 0.3) is 0 Å². The van der Waals surface area contributed by atoms with Crippen molar-refractivity contribution in [2.24, 2.45) is 5.92 Å². The molecule has 0 saturated heterocycles. The number of hydrogen-bond acceptors (Lipinski definition) is 3. The molecule has 21 heavy (non-hydrogen) atoms. The van der Waals surface area contributed by atoms with E-state index in [1.807, 2.05) is 6.92 Å². The van der Waals surface area contributed by atoms with Crippen LogP contribution in [0.15, 0.2) is 24.3 Å². The van der Waals surface area contributed by atoms with Gasteiger partial charge in [0.2, 0.25) is 5.91 Å². The number of ketones is 1. The maximum atomic E-state index is 12.1. The molecule has 0 saturated carbocycles. The third kappa shape index (κ3) is 5.98. The second-order valence-corrected chi connectivity index (χ2v) is 5.55. The van der Waals surface area contributed by atoms with Gasteiger partial charge in [0, 0.05) is 32.0 Å². The lowest BCUT2D eigenvalue weighted by Crippen LogP contribution is -2.30. The monoisotopic (exact) mass is 291 g/mol. The highest BCUT2D eigenvalue weighted by atomic mass is 16.5. The van der Waals surface area contributed by atoms with Gasteiger partial charge in [0.1, 0.15) is 5.75 Å². The summed E-state index contributed by atoms with van der Waals surface area (Å²) in [7, 11) is 1.78. The van der Waals surface area contributed by atoms with E-state index in [4.69, 9.17) is 4.74 Å². The summed E-state index contributed by atoms with van der Waals surface area (Å²) in [4.78, 5) is 25.6. The Labute approximate surface area is 127 Å². The third-order valence-corrected chi connectivity index (χ3v) is 3.12. The molecule has 1 aromatic rings. The topological polar surface area (TPSA) is 46.6 Å². The fourth-order valence-electron chi connectivity index (χ4n) is 2.11. The second kappa shape index (κ2) is 8.45. The minimum Gasteiger partial charge on any atom is -0.494 e. The first-order valence-electron chi connectivity index (χ1n) is 7.44. The van der Waals surface area contributed by atoms with Gasteiger partial charge >= 0.3 is 0 Å². The van der Waals surface area contributed by atoms with E-state index in [0.717, 1.165) is 12.3 Å². The van der Waals surface area contributed by atoms with E-state index >= 15 is 0 Å². The van der Waals surface area contributed by atoms with Gasteiger partial charge in [0.25, 0.3) is 0 Å². The van der Waals surface area contributed by atoms with Gasteiger partial charge in [0.05, 0.1) is 6.61 Å². The maximum Gasteiger partial charge on any atom is 0.222 e. The van der Waals surface area contributed by atoms with E-state index in [1.165, 1.54) is 0 Å². The minimum atomic E-state index is -0.00987. The van der Waals surface area contributed by atoms with Crippen LogP contribution in [0.1, 0.15) is 44.0 Å². The van der Waals surface area contributed by atoms with Crippen LogP contribution in [0.2, 0.25) is 0 Å². The standard InChI is InChI=1S/C17H25NO3/c1-5-21-15-8-6-14(7-9-15)16(19)10-11-17(20)18(4)12-13(2)3/h6-9,13H,5,10-12H2,1-4H3. The zero-order valence-corrected chi connectivity index (χ0v) is 13.4. The highest BCUT2D eigenvalue weighted by Crippen LogP contribution is 2.14. The van der Waals surface area contributed by atoms with E-state index in [2.05, 4.69) is 13.8 Å². The Morgan fingerprint density at radius 1 is 1.14 bits per heavy atom. The van der Waals surface area contributed by atoms with Crippen LogP contribution in [0.3, 0.4) is 0 Å². The number of carbonyl (C=O) groups excluding carboxylic acids is 2. The molecule has 4 heteroatoms. The number of ether oxygens (including phenoxy) is 1. The lowest BCUT2D eigenvalue weighted by Gasteiger charge is -2.19. The quantitative estimate of drug-likeness (QED) is 0.691. The van der Waals surface area contributed by atoms with Crippen molar-refractivity contribution in [2.75, 3.05) is 20.2 Å². The molecule has 4 nitrogen and oxygen atoms in total. The predicted molar refractivity (Wildman–Crippen MR) is 83.7 cm³/mol. The average Bonchev–Trinajstić information content (AvgIpc) is 2.44. The first-order valence-corrected chi connectivity index (χ1v) is 7.44. The summed E-state index contributed by atoms with van der Waals surface area (Å²) in [5.74, 6) is 1.19. The summed E-state index contributed by atoms with van der Waals surface area (Å²) >= 11 is 0. The smallest absolute Gasteiger partial charge is 0.222 e. The molecule has 1 aromatic carbocycles. The van der Waals surface area contributed by atoms with Crippen molar-refractivity contribution in [3.05, 3.63) is 29.8 Å². The number of amides is 1. The van der Waals surface area contributed by atoms with Gasteiger partial charge in [-0.2, -0.15) is 0 Å². The molecule has 1 amide bonds. The Balaban J connectivity index is 2.48. The first kappa shape index (κ1) is 17.2. The molecule has 1 rings (SSSR count). The molecule has 0 aliphatic heterocycles. The van der Waals surface area contributed by atoms with E-state index in [1.54, 1.807) is 36.2 Å². The minimum absolute atomic E-state index is 0.00987. The van der Waals surface area contributed by atoms with Crippen LogP contribution < -0.4 is 4.74 Å². The van der Waals surface area contributed by atoms with Crippen LogP contribution >= 0.6 is 0 Å². The van der Waals surface area contributed by atoms with Crippen molar-refractivity contribution in [3.63, 3.8) is 0 Å². The summed E-state index contributed by atoms with van der Waals surface area (Å²) in [6.07, 6.45) is 0.504. The van der Waals surface area contributed by atoms with E-state index in [9.17, 15) is 9.59 Å². The molecule has 0 fully saturated rings. The second-order valence-electron chi connectivity index (χ2n) is 5.55. The normalized spacial score (nSPS) is 10.5. The lowest BCUT2D eigenvalue weighted by atomic mass is 10.1. The molecule has 0 aliphatic carbocycles. The van der Waals surface area contributed by atoms with Crippen molar-refractivity contribution < 1.29 is 14.3 Å². The van der Waals surface area contributed by atoms with Crippen LogP contribution in [0.4, 0.5) is 0 Å². The predicted octanol–water partition coefficient (Wildman–Crippen LogP) is 3.16. The fraction of sp³-hybridized carbons (Fsp3) is 0.529. The third-order valence-electron chi connectivity index (χ3n) is 3.12. The zero-order valence-electron chi connectivity index (χ0n) is 13.4. The number of hydrogen-bond donors (Lipinski definition) is 0. The number of benzene rings is 1. The molecule has 0 aromatic heterocycles. The van der Waals surface area contributed by atoms with Crippen LogP contribution in [0, 0.1) is 5.92 Å². The Bertz CT molecular complexity index is 465. The molecule has 0 spiro atoms. The lowest BCUT2D eigenvalue weighted by molar-refractivity contribution is -0.130. The van der Waals surface area contributed by atoms with E-state index < -0.39 is 0 Å². The summed E-state index contributed by atoms with van der Waals surface area (Å²) < 4.78 is 5.34. The molecule has 0 bridgehead atoms. The van der Waals surface area contributed by atoms with E-state index in [-0.39, 0.29) is 24.5 Å². The van der Waals surface area contributed by atoms with Gasteiger partial charge in [-0.15, -0.1) is 0 Å². The first-order chi connectivity index (χ1) is 9.93. The molecule has 0 atom stereocenters. The van der Waals surface area contributed by atoms with Crippen LogP contribution in [0.5, 0.6) is 5.75 Å².